The van der Waals surface area contributed by atoms with E-state index in [1.807, 2.05) is 54.6 Å². The molecule has 0 aliphatic carbocycles. The molecular weight excluding hydrogens is 260 g/mol. The van der Waals surface area contributed by atoms with Crippen LogP contribution >= 0.6 is 0 Å². The molecule has 0 aliphatic heterocycles. The summed E-state index contributed by atoms with van der Waals surface area (Å²) in [6.45, 7) is 2.29. The molecule has 2 aromatic carbocycles. The van der Waals surface area contributed by atoms with E-state index in [1.54, 1.807) is 0 Å². The summed E-state index contributed by atoms with van der Waals surface area (Å²) in [5, 5.41) is 0. The van der Waals surface area contributed by atoms with Gasteiger partial charge in [0.25, 0.3) is 0 Å². The Labute approximate surface area is 126 Å². The van der Waals surface area contributed by atoms with Gasteiger partial charge >= 0.3 is 0 Å². The molecule has 0 fully saturated rings. The molecule has 0 unspecified atom stereocenters. The van der Waals surface area contributed by atoms with Crippen molar-refractivity contribution in [1.82, 2.24) is 0 Å². The number of carbonyl (C=O) groups excluding carboxylic acids is 1. The van der Waals surface area contributed by atoms with E-state index in [0.717, 1.165) is 12.2 Å². The van der Waals surface area contributed by atoms with Crippen LogP contribution in [0.3, 0.4) is 0 Å². The molecule has 0 aliphatic rings. The van der Waals surface area contributed by atoms with Crippen LogP contribution in [0.15, 0.2) is 54.6 Å². The first-order chi connectivity index (χ1) is 10.3. The molecule has 2 rings (SSSR count). The largest absolute Gasteiger partial charge is 0.485 e. The van der Waals surface area contributed by atoms with E-state index in [4.69, 9.17) is 4.74 Å². The van der Waals surface area contributed by atoms with Crippen molar-refractivity contribution in [1.29, 1.82) is 0 Å². The highest BCUT2D eigenvalue weighted by Crippen LogP contribution is 2.12. The van der Waals surface area contributed by atoms with Gasteiger partial charge < -0.3 is 4.74 Å². The Hall–Kier alpha value is -2.09. The van der Waals surface area contributed by atoms with Gasteiger partial charge in [0.2, 0.25) is 0 Å². The number of benzene rings is 2. The summed E-state index contributed by atoms with van der Waals surface area (Å²) in [5.74, 6) is 0.737. The second-order valence-electron chi connectivity index (χ2n) is 5.18. The zero-order chi connectivity index (χ0) is 14.9. The number of rotatable bonds is 8. The van der Waals surface area contributed by atoms with Crippen molar-refractivity contribution in [3.63, 3.8) is 0 Å². The maximum absolute atomic E-state index is 12.1. The number of aryl methyl sites for hydroxylation is 1. The van der Waals surface area contributed by atoms with Crippen molar-refractivity contribution in [2.45, 2.75) is 32.6 Å². The normalized spacial score (nSPS) is 10.3. The lowest BCUT2D eigenvalue weighted by Gasteiger charge is -2.06. The lowest BCUT2D eigenvalue weighted by atomic mass is 10.0. The van der Waals surface area contributed by atoms with Crippen molar-refractivity contribution in [3.05, 3.63) is 65.7 Å². The molecule has 0 amide bonds. The third-order valence-corrected chi connectivity index (χ3v) is 3.46. The third-order valence-electron chi connectivity index (χ3n) is 3.46. The van der Waals surface area contributed by atoms with Crippen LogP contribution in [0.2, 0.25) is 0 Å². The van der Waals surface area contributed by atoms with Crippen LogP contribution in [0.4, 0.5) is 0 Å². The highest BCUT2D eigenvalue weighted by atomic mass is 16.5. The van der Waals surface area contributed by atoms with Crippen LogP contribution in [0.5, 0.6) is 5.75 Å². The fraction of sp³-hybridized carbons (Fsp3) is 0.316. The molecule has 0 radical (unpaired) electrons. The minimum Gasteiger partial charge on any atom is -0.485 e. The third kappa shape index (κ3) is 5.07. The van der Waals surface area contributed by atoms with Gasteiger partial charge in [0, 0.05) is 5.56 Å². The molecule has 0 saturated carbocycles. The lowest BCUT2D eigenvalue weighted by Crippen LogP contribution is -2.11. The Balaban J connectivity index is 1.85. The van der Waals surface area contributed by atoms with Gasteiger partial charge in [-0.1, -0.05) is 62.2 Å². The standard InChI is InChI=1S/C19H22O2/c1-2-3-5-8-16-11-13-17(14-12-16)19(20)15-21-18-9-6-4-7-10-18/h4,6-7,9-14H,2-3,5,8,15H2,1H3. The van der Waals surface area contributed by atoms with Gasteiger partial charge in [0.15, 0.2) is 12.4 Å². The number of hydrogen-bond acceptors (Lipinski definition) is 2. The lowest BCUT2D eigenvalue weighted by molar-refractivity contribution is 0.0921. The molecule has 21 heavy (non-hydrogen) atoms. The van der Waals surface area contributed by atoms with Gasteiger partial charge in [-0.2, -0.15) is 0 Å². The minimum absolute atomic E-state index is 0.0129. The predicted molar refractivity (Wildman–Crippen MR) is 85.9 cm³/mol. The Morgan fingerprint density at radius 2 is 1.67 bits per heavy atom. The molecule has 0 aromatic heterocycles. The molecular formula is C19H22O2. The average Bonchev–Trinajstić information content (AvgIpc) is 2.54. The van der Waals surface area contributed by atoms with Crippen LogP contribution in [-0.4, -0.2) is 12.4 Å². The van der Waals surface area contributed by atoms with Gasteiger partial charge in [0.1, 0.15) is 5.75 Å². The predicted octanol–water partition coefficient (Wildman–Crippen LogP) is 4.68. The highest BCUT2D eigenvalue weighted by Gasteiger charge is 2.06. The number of Topliss-reactive ketones (excluding diaryl/α,β-unsaturated/α-hetero) is 1. The van der Waals surface area contributed by atoms with Gasteiger partial charge in [-0.15, -0.1) is 0 Å². The zero-order valence-electron chi connectivity index (χ0n) is 12.5. The number of hydrogen-bond donors (Lipinski definition) is 0. The number of unbranched alkanes of at least 4 members (excludes halogenated alkanes) is 2. The summed E-state index contributed by atoms with van der Waals surface area (Å²) in [6.07, 6.45) is 4.78. The van der Waals surface area contributed by atoms with Gasteiger partial charge in [0.05, 0.1) is 0 Å². The molecule has 0 heterocycles. The van der Waals surface area contributed by atoms with E-state index in [0.29, 0.717) is 5.56 Å². The molecule has 0 N–H and O–H groups in total. The van der Waals surface area contributed by atoms with Crippen LogP contribution in [0.1, 0.15) is 42.1 Å². The number of ether oxygens (including phenoxy) is 1. The topological polar surface area (TPSA) is 26.3 Å². The molecule has 0 spiro atoms. The zero-order valence-corrected chi connectivity index (χ0v) is 12.5. The number of carbonyl (C=O) groups is 1. The fourth-order valence-electron chi connectivity index (χ4n) is 2.19. The van der Waals surface area contributed by atoms with Gasteiger partial charge in [-0.05, 0) is 30.5 Å². The summed E-state index contributed by atoms with van der Waals surface area (Å²) in [7, 11) is 0. The molecule has 2 heteroatoms. The van der Waals surface area contributed by atoms with E-state index in [1.165, 1.54) is 24.8 Å². The van der Waals surface area contributed by atoms with Crippen molar-refractivity contribution in [2.24, 2.45) is 0 Å². The van der Waals surface area contributed by atoms with E-state index in [-0.39, 0.29) is 12.4 Å². The molecule has 0 saturated heterocycles. The summed E-state index contributed by atoms with van der Waals surface area (Å²) in [6, 6.07) is 17.3. The van der Waals surface area contributed by atoms with Crippen LogP contribution in [0.25, 0.3) is 0 Å². The Kier molecular flexibility index (Phi) is 6.01. The van der Waals surface area contributed by atoms with Crippen LogP contribution < -0.4 is 4.74 Å². The van der Waals surface area contributed by atoms with Crippen LogP contribution in [-0.2, 0) is 6.42 Å². The Morgan fingerprint density at radius 3 is 2.33 bits per heavy atom. The van der Waals surface area contributed by atoms with E-state index in [9.17, 15) is 4.79 Å². The Bertz CT molecular complexity index is 544. The first kappa shape index (κ1) is 15.3. The maximum atomic E-state index is 12.1. The first-order valence-electron chi connectivity index (χ1n) is 7.59. The van der Waals surface area contributed by atoms with Crippen molar-refractivity contribution < 1.29 is 9.53 Å². The fourth-order valence-corrected chi connectivity index (χ4v) is 2.19. The van der Waals surface area contributed by atoms with Crippen molar-refractivity contribution in [2.75, 3.05) is 6.61 Å². The minimum atomic E-state index is 0.0129. The van der Waals surface area contributed by atoms with Gasteiger partial charge in [-0.25, -0.2) is 0 Å². The molecule has 2 aromatic rings. The summed E-state index contributed by atoms with van der Waals surface area (Å²) < 4.78 is 5.48. The average molecular weight is 282 g/mol. The summed E-state index contributed by atoms with van der Waals surface area (Å²) in [4.78, 5) is 12.1. The monoisotopic (exact) mass is 282 g/mol. The smallest absolute Gasteiger partial charge is 0.200 e. The SMILES string of the molecule is CCCCCc1ccc(C(=O)COc2ccccc2)cc1. The van der Waals surface area contributed by atoms with Crippen molar-refractivity contribution >= 4 is 5.78 Å². The number of ketones is 1. The summed E-state index contributed by atoms with van der Waals surface area (Å²) in [5.41, 5.74) is 2.01. The number of para-hydroxylation sites is 1. The maximum Gasteiger partial charge on any atom is 0.200 e. The van der Waals surface area contributed by atoms with Crippen LogP contribution in [0, 0.1) is 0 Å². The molecule has 0 bridgehead atoms. The first-order valence-corrected chi connectivity index (χ1v) is 7.59. The molecule has 2 nitrogen and oxygen atoms in total. The summed E-state index contributed by atoms with van der Waals surface area (Å²) >= 11 is 0. The molecule has 0 atom stereocenters. The quantitative estimate of drug-likeness (QED) is 0.519. The van der Waals surface area contributed by atoms with E-state index in [2.05, 4.69) is 6.92 Å². The highest BCUT2D eigenvalue weighted by molar-refractivity contribution is 5.97. The molecule has 110 valence electrons. The van der Waals surface area contributed by atoms with Gasteiger partial charge in [-0.3, -0.25) is 4.79 Å². The second kappa shape index (κ2) is 8.25. The van der Waals surface area contributed by atoms with E-state index < -0.39 is 0 Å². The van der Waals surface area contributed by atoms with Crippen molar-refractivity contribution in [3.8, 4) is 5.75 Å². The van der Waals surface area contributed by atoms with E-state index >= 15 is 0 Å². The Morgan fingerprint density at radius 1 is 0.952 bits per heavy atom. The second-order valence-corrected chi connectivity index (χ2v) is 5.18.